The van der Waals surface area contributed by atoms with Gasteiger partial charge in [-0.1, -0.05) is 23.7 Å². The SMILES string of the molecule is Cc1c(C(=O)N2CCSCC2CC(=O)O)cnn1-c1ccccc1Cl. The molecule has 0 radical (unpaired) electrons. The molecule has 3 rings (SSSR count). The van der Waals surface area contributed by atoms with E-state index in [0.29, 0.717) is 34.3 Å². The molecule has 1 aromatic heterocycles. The van der Waals surface area contributed by atoms with Gasteiger partial charge < -0.3 is 10.0 Å². The van der Waals surface area contributed by atoms with Crippen LogP contribution in [0.2, 0.25) is 5.02 Å². The van der Waals surface area contributed by atoms with Crippen molar-refractivity contribution in [2.24, 2.45) is 0 Å². The summed E-state index contributed by atoms with van der Waals surface area (Å²) in [5.74, 6) is 0.367. The summed E-state index contributed by atoms with van der Waals surface area (Å²) >= 11 is 7.90. The number of nitrogens with zero attached hydrogens (tertiary/aromatic N) is 3. The predicted octanol–water partition coefficient (Wildman–Crippen LogP) is 2.87. The van der Waals surface area contributed by atoms with Gasteiger partial charge in [0.1, 0.15) is 0 Å². The smallest absolute Gasteiger partial charge is 0.305 e. The van der Waals surface area contributed by atoms with Crippen molar-refractivity contribution in [3.8, 4) is 5.69 Å². The number of carbonyl (C=O) groups is 2. The number of rotatable bonds is 4. The van der Waals surface area contributed by atoms with Crippen LogP contribution < -0.4 is 0 Å². The van der Waals surface area contributed by atoms with Crippen LogP contribution in [0.25, 0.3) is 5.69 Å². The van der Waals surface area contributed by atoms with Crippen LogP contribution in [0.3, 0.4) is 0 Å². The van der Waals surface area contributed by atoms with Gasteiger partial charge in [-0.25, -0.2) is 4.68 Å². The van der Waals surface area contributed by atoms with Gasteiger partial charge in [0.2, 0.25) is 0 Å². The van der Waals surface area contributed by atoms with Crippen LogP contribution in [0.5, 0.6) is 0 Å². The summed E-state index contributed by atoms with van der Waals surface area (Å²) in [6.45, 7) is 2.35. The number of hydrogen-bond donors (Lipinski definition) is 1. The number of thioether (sulfide) groups is 1. The molecule has 2 heterocycles. The maximum absolute atomic E-state index is 13.0. The monoisotopic (exact) mass is 379 g/mol. The lowest BCUT2D eigenvalue weighted by molar-refractivity contribution is -0.138. The van der Waals surface area contributed by atoms with Crippen molar-refractivity contribution in [1.29, 1.82) is 0 Å². The lowest BCUT2D eigenvalue weighted by Crippen LogP contribution is -2.47. The van der Waals surface area contributed by atoms with Crippen molar-refractivity contribution in [2.75, 3.05) is 18.1 Å². The molecule has 25 heavy (non-hydrogen) atoms. The maximum Gasteiger partial charge on any atom is 0.305 e. The number of carboxylic acid groups (broad SMARTS) is 1. The molecule has 0 aliphatic carbocycles. The van der Waals surface area contributed by atoms with E-state index in [1.807, 2.05) is 25.1 Å². The molecule has 1 unspecified atom stereocenters. The molecule has 1 amide bonds. The van der Waals surface area contributed by atoms with Crippen LogP contribution in [0.15, 0.2) is 30.5 Å². The second kappa shape index (κ2) is 7.49. The molecule has 1 aromatic carbocycles. The standard InChI is InChI=1S/C17H18ClN3O3S/c1-11-13(9-19-21(11)15-5-3-2-4-14(15)18)17(24)20-6-7-25-10-12(20)8-16(22)23/h2-5,9,12H,6-8,10H2,1H3,(H,22,23). The molecular weight excluding hydrogens is 362 g/mol. The zero-order chi connectivity index (χ0) is 18.0. The molecule has 0 bridgehead atoms. The molecule has 132 valence electrons. The molecule has 1 saturated heterocycles. The highest BCUT2D eigenvalue weighted by molar-refractivity contribution is 7.99. The van der Waals surface area contributed by atoms with E-state index < -0.39 is 5.97 Å². The number of halogens is 1. The first kappa shape index (κ1) is 17.8. The summed E-state index contributed by atoms with van der Waals surface area (Å²) in [4.78, 5) is 25.7. The summed E-state index contributed by atoms with van der Waals surface area (Å²) in [5.41, 5.74) is 1.87. The van der Waals surface area contributed by atoms with E-state index in [1.54, 1.807) is 27.4 Å². The van der Waals surface area contributed by atoms with Crippen LogP contribution >= 0.6 is 23.4 Å². The minimum Gasteiger partial charge on any atom is -0.481 e. The Kier molecular flexibility index (Phi) is 5.34. The average Bonchev–Trinajstić information content (AvgIpc) is 2.96. The van der Waals surface area contributed by atoms with E-state index in [4.69, 9.17) is 16.7 Å². The fourth-order valence-electron chi connectivity index (χ4n) is 2.93. The van der Waals surface area contributed by atoms with Gasteiger partial charge in [-0.05, 0) is 19.1 Å². The molecule has 0 spiro atoms. The summed E-state index contributed by atoms with van der Waals surface area (Å²) in [7, 11) is 0. The molecule has 0 saturated carbocycles. The first-order valence-electron chi connectivity index (χ1n) is 7.89. The number of aliphatic carboxylic acids is 1. The van der Waals surface area contributed by atoms with Crippen LogP contribution in [0, 0.1) is 6.92 Å². The van der Waals surface area contributed by atoms with Crippen LogP contribution in [0.4, 0.5) is 0 Å². The summed E-state index contributed by atoms with van der Waals surface area (Å²) in [6, 6.07) is 6.99. The Morgan fingerprint density at radius 2 is 2.16 bits per heavy atom. The van der Waals surface area contributed by atoms with Crippen LogP contribution in [-0.4, -0.2) is 55.8 Å². The summed E-state index contributed by atoms with van der Waals surface area (Å²) < 4.78 is 1.64. The summed E-state index contributed by atoms with van der Waals surface area (Å²) in [5, 5.41) is 14.0. The zero-order valence-electron chi connectivity index (χ0n) is 13.7. The zero-order valence-corrected chi connectivity index (χ0v) is 15.3. The van der Waals surface area contributed by atoms with Crippen LogP contribution in [-0.2, 0) is 4.79 Å². The predicted molar refractivity (Wildman–Crippen MR) is 97.7 cm³/mol. The maximum atomic E-state index is 13.0. The van der Waals surface area contributed by atoms with Crippen molar-refractivity contribution in [1.82, 2.24) is 14.7 Å². The second-order valence-corrected chi connectivity index (χ2v) is 7.39. The van der Waals surface area contributed by atoms with Crippen molar-refractivity contribution < 1.29 is 14.7 Å². The molecule has 1 aliphatic heterocycles. The topological polar surface area (TPSA) is 75.4 Å². The number of benzene rings is 1. The Bertz CT molecular complexity index is 808. The van der Waals surface area contributed by atoms with Gasteiger partial charge in [-0.3, -0.25) is 9.59 Å². The van der Waals surface area contributed by atoms with Gasteiger partial charge in [0, 0.05) is 18.1 Å². The molecule has 1 atom stereocenters. The Labute approximate surface area is 154 Å². The molecule has 6 nitrogen and oxygen atoms in total. The molecule has 1 N–H and O–H groups in total. The Morgan fingerprint density at radius 3 is 2.88 bits per heavy atom. The Morgan fingerprint density at radius 1 is 1.40 bits per heavy atom. The number of para-hydroxylation sites is 1. The quantitative estimate of drug-likeness (QED) is 0.884. The van der Waals surface area contributed by atoms with Gasteiger partial charge in [0.15, 0.2) is 0 Å². The fourth-order valence-corrected chi connectivity index (χ4v) is 4.21. The highest BCUT2D eigenvalue weighted by Gasteiger charge is 2.31. The van der Waals surface area contributed by atoms with E-state index in [0.717, 1.165) is 5.75 Å². The van der Waals surface area contributed by atoms with E-state index in [9.17, 15) is 9.59 Å². The van der Waals surface area contributed by atoms with E-state index in [2.05, 4.69) is 5.10 Å². The third kappa shape index (κ3) is 3.67. The normalized spacial score (nSPS) is 17.5. The number of aromatic nitrogens is 2. The highest BCUT2D eigenvalue weighted by atomic mass is 35.5. The van der Waals surface area contributed by atoms with Gasteiger partial charge in [-0.2, -0.15) is 16.9 Å². The fraction of sp³-hybridized carbons (Fsp3) is 0.353. The Hall–Kier alpha value is -1.99. The van der Waals surface area contributed by atoms with Gasteiger partial charge >= 0.3 is 5.97 Å². The largest absolute Gasteiger partial charge is 0.481 e. The first-order chi connectivity index (χ1) is 12.0. The third-order valence-corrected chi connectivity index (χ3v) is 5.63. The minimum atomic E-state index is -0.895. The number of carbonyl (C=O) groups excluding carboxylic acids is 1. The molecule has 1 fully saturated rings. The molecule has 1 aliphatic rings. The lowest BCUT2D eigenvalue weighted by Gasteiger charge is -2.34. The van der Waals surface area contributed by atoms with Crippen molar-refractivity contribution in [3.63, 3.8) is 0 Å². The van der Waals surface area contributed by atoms with E-state index >= 15 is 0 Å². The van der Waals surface area contributed by atoms with Crippen molar-refractivity contribution >= 4 is 35.2 Å². The highest BCUT2D eigenvalue weighted by Crippen LogP contribution is 2.25. The first-order valence-corrected chi connectivity index (χ1v) is 9.42. The lowest BCUT2D eigenvalue weighted by atomic mass is 10.1. The minimum absolute atomic E-state index is 0.0452. The van der Waals surface area contributed by atoms with Crippen molar-refractivity contribution in [2.45, 2.75) is 19.4 Å². The van der Waals surface area contributed by atoms with Gasteiger partial charge in [-0.15, -0.1) is 0 Å². The third-order valence-electron chi connectivity index (χ3n) is 4.22. The van der Waals surface area contributed by atoms with Gasteiger partial charge in [0.05, 0.1) is 40.6 Å². The summed E-state index contributed by atoms with van der Waals surface area (Å²) in [6.07, 6.45) is 1.48. The number of amides is 1. The Balaban J connectivity index is 1.90. The number of hydrogen-bond acceptors (Lipinski definition) is 4. The second-order valence-electron chi connectivity index (χ2n) is 5.83. The molecular formula is C17H18ClN3O3S. The van der Waals surface area contributed by atoms with Gasteiger partial charge in [0.25, 0.3) is 5.91 Å². The van der Waals surface area contributed by atoms with Crippen LogP contribution in [0.1, 0.15) is 22.5 Å². The van der Waals surface area contributed by atoms with E-state index in [1.165, 1.54) is 6.20 Å². The number of carboxylic acids is 1. The van der Waals surface area contributed by atoms with Crippen molar-refractivity contribution in [3.05, 3.63) is 46.7 Å². The molecule has 2 aromatic rings. The molecule has 8 heteroatoms. The van der Waals surface area contributed by atoms with E-state index in [-0.39, 0.29) is 18.4 Å². The average molecular weight is 380 g/mol.